The zero-order valence-corrected chi connectivity index (χ0v) is 17.8. The molecule has 34 heavy (non-hydrogen) atoms. The Hall–Kier alpha value is -5.06. The van der Waals surface area contributed by atoms with E-state index < -0.39 is 0 Å². The van der Waals surface area contributed by atoms with Gasteiger partial charge in [-0.3, -0.25) is 0 Å². The van der Waals surface area contributed by atoms with Crippen LogP contribution in [-0.2, 0) is 0 Å². The minimum atomic E-state index is 0.607. The molecule has 4 nitrogen and oxygen atoms in total. The van der Waals surface area contributed by atoms with E-state index >= 15 is 0 Å². The summed E-state index contributed by atoms with van der Waals surface area (Å²) in [6.45, 7) is 0. The average Bonchev–Trinajstić information content (AvgIpc) is 3.39. The fourth-order valence-electron chi connectivity index (χ4n) is 5.80. The summed E-state index contributed by atoms with van der Waals surface area (Å²) in [6, 6.07) is 30.9. The normalized spacial score (nSPS) is 12.1. The maximum atomic E-state index is 9.61. The summed E-state index contributed by atoms with van der Waals surface area (Å²) in [5.74, 6) is 0. The van der Waals surface area contributed by atoms with E-state index in [4.69, 9.17) is 4.42 Å². The predicted molar refractivity (Wildman–Crippen MR) is 135 cm³/mol. The molecule has 5 aromatic carbocycles. The minimum Gasteiger partial charge on any atom is -0.456 e. The summed E-state index contributed by atoms with van der Waals surface area (Å²) >= 11 is 0. The molecule has 4 heteroatoms. The molecule has 0 saturated heterocycles. The lowest BCUT2D eigenvalue weighted by Crippen LogP contribution is -1.84. The highest BCUT2D eigenvalue weighted by molar-refractivity contribution is 6.36. The highest BCUT2D eigenvalue weighted by Crippen LogP contribution is 2.46. The number of fused-ring (bicyclic) bond motifs is 9. The summed E-state index contributed by atoms with van der Waals surface area (Å²) in [5.41, 5.74) is 5.92. The molecule has 0 aliphatic carbocycles. The number of benzene rings is 5. The molecule has 0 N–H and O–H groups in total. The lowest BCUT2D eigenvalue weighted by atomic mass is 9.97. The molecule has 0 spiro atoms. The fourth-order valence-corrected chi connectivity index (χ4v) is 5.80. The van der Waals surface area contributed by atoms with Gasteiger partial charge in [0.25, 0.3) is 0 Å². The lowest BCUT2D eigenvalue weighted by molar-refractivity contribution is 0.663. The van der Waals surface area contributed by atoms with Gasteiger partial charge in [-0.2, -0.15) is 10.5 Å². The van der Waals surface area contributed by atoms with Crippen LogP contribution in [0.1, 0.15) is 11.1 Å². The quantitative estimate of drug-likeness (QED) is 0.183. The average molecular weight is 431 g/mol. The molecule has 0 bridgehead atoms. The maximum absolute atomic E-state index is 9.61. The Morgan fingerprint density at radius 3 is 2.06 bits per heavy atom. The number of hydrogen-bond donors (Lipinski definition) is 0. The molecule has 0 atom stereocenters. The molecule has 3 aromatic heterocycles. The summed E-state index contributed by atoms with van der Waals surface area (Å²) < 4.78 is 8.74. The van der Waals surface area contributed by atoms with Crippen LogP contribution in [0.3, 0.4) is 0 Å². The van der Waals surface area contributed by atoms with Gasteiger partial charge < -0.3 is 8.82 Å². The predicted octanol–water partition coefficient (Wildman–Crippen LogP) is 7.63. The summed E-state index contributed by atoms with van der Waals surface area (Å²) in [5, 5.41) is 28.0. The number of nitrogens with zero attached hydrogens (tertiary/aromatic N) is 3. The van der Waals surface area contributed by atoms with Gasteiger partial charge in [0.1, 0.15) is 11.2 Å². The molecule has 0 aliphatic rings. The Morgan fingerprint density at radius 2 is 1.29 bits per heavy atom. The number of rotatable bonds is 0. The van der Waals surface area contributed by atoms with Crippen molar-refractivity contribution in [1.29, 1.82) is 10.5 Å². The van der Waals surface area contributed by atoms with Crippen LogP contribution in [0.5, 0.6) is 0 Å². The Labute approximate surface area is 192 Å². The van der Waals surface area contributed by atoms with Crippen molar-refractivity contribution in [1.82, 2.24) is 4.40 Å². The Bertz CT molecular complexity index is 2240. The van der Waals surface area contributed by atoms with Crippen molar-refractivity contribution in [2.75, 3.05) is 0 Å². The van der Waals surface area contributed by atoms with Gasteiger partial charge in [0.05, 0.1) is 39.8 Å². The molecular formula is C30H13N3O. The molecule has 154 valence electrons. The van der Waals surface area contributed by atoms with Crippen molar-refractivity contribution < 1.29 is 4.42 Å². The second-order valence-corrected chi connectivity index (χ2v) is 8.81. The summed E-state index contributed by atoms with van der Waals surface area (Å²) in [4.78, 5) is 0. The molecule has 8 aromatic rings. The third-order valence-electron chi connectivity index (χ3n) is 7.14. The monoisotopic (exact) mass is 431 g/mol. The van der Waals surface area contributed by atoms with Gasteiger partial charge in [0.15, 0.2) is 0 Å². The third kappa shape index (κ3) is 1.93. The maximum Gasteiger partial charge on any atom is 0.136 e. The van der Waals surface area contributed by atoms with E-state index in [9.17, 15) is 10.5 Å². The first-order valence-corrected chi connectivity index (χ1v) is 11.1. The van der Waals surface area contributed by atoms with Crippen LogP contribution in [0.25, 0.3) is 70.8 Å². The molecule has 0 saturated carbocycles. The molecule has 0 amide bonds. The van der Waals surface area contributed by atoms with Gasteiger partial charge >= 0.3 is 0 Å². The molecule has 0 unspecified atom stereocenters. The molecule has 8 rings (SSSR count). The van der Waals surface area contributed by atoms with Crippen molar-refractivity contribution in [3.8, 4) is 12.1 Å². The van der Waals surface area contributed by atoms with E-state index in [0.717, 1.165) is 70.8 Å². The van der Waals surface area contributed by atoms with E-state index in [1.807, 2.05) is 48.5 Å². The highest BCUT2D eigenvalue weighted by Gasteiger charge is 2.23. The standard InChI is InChI=1S/C30H13N3O/c31-14-16-7-9-19-22-13-26-28(21-5-1-3-18-4-2-6-25(34-26)27(18)21)29-20-10-8-17(15-32)12-24(20)33(30(22)29)23(19)11-16/h1-13H. The third-order valence-corrected chi connectivity index (χ3v) is 7.14. The van der Waals surface area contributed by atoms with Gasteiger partial charge in [-0.05, 0) is 47.2 Å². The smallest absolute Gasteiger partial charge is 0.136 e. The van der Waals surface area contributed by atoms with Crippen molar-refractivity contribution in [3.63, 3.8) is 0 Å². The van der Waals surface area contributed by atoms with Gasteiger partial charge in [0.2, 0.25) is 0 Å². The highest BCUT2D eigenvalue weighted by atomic mass is 16.3. The van der Waals surface area contributed by atoms with Gasteiger partial charge in [-0.25, -0.2) is 0 Å². The van der Waals surface area contributed by atoms with Crippen molar-refractivity contribution >= 4 is 70.8 Å². The van der Waals surface area contributed by atoms with E-state index in [-0.39, 0.29) is 0 Å². The first-order valence-electron chi connectivity index (χ1n) is 11.1. The molecule has 0 radical (unpaired) electrons. The van der Waals surface area contributed by atoms with Crippen LogP contribution in [-0.4, -0.2) is 4.40 Å². The van der Waals surface area contributed by atoms with Crippen LogP contribution < -0.4 is 0 Å². The van der Waals surface area contributed by atoms with E-state index in [1.165, 1.54) is 0 Å². The van der Waals surface area contributed by atoms with E-state index in [0.29, 0.717) is 11.1 Å². The van der Waals surface area contributed by atoms with Crippen LogP contribution in [0.4, 0.5) is 0 Å². The summed E-state index contributed by atoms with van der Waals surface area (Å²) in [7, 11) is 0. The Balaban J connectivity index is 1.78. The minimum absolute atomic E-state index is 0.607. The SMILES string of the molecule is N#Cc1ccc2c3cc4oc5cccc6cccc(c65)c4c4c5ccc(C#N)cc5n(c2c1)c34. The van der Waals surface area contributed by atoms with Crippen LogP contribution in [0.2, 0.25) is 0 Å². The zero-order valence-electron chi connectivity index (χ0n) is 17.8. The first-order chi connectivity index (χ1) is 16.8. The second kappa shape index (κ2) is 5.84. The fraction of sp³-hybridized carbons (Fsp3) is 0. The zero-order chi connectivity index (χ0) is 22.6. The largest absolute Gasteiger partial charge is 0.456 e. The molecule has 0 aliphatic heterocycles. The second-order valence-electron chi connectivity index (χ2n) is 8.81. The lowest BCUT2D eigenvalue weighted by Gasteiger charge is -2.10. The van der Waals surface area contributed by atoms with Crippen LogP contribution >= 0.6 is 0 Å². The van der Waals surface area contributed by atoms with E-state index in [1.54, 1.807) is 0 Å². The van der Waals surface area contributed by atoms with Crippen molar-refractivity contribution in [2.45, 2.75) is 0 Å². The topological polar surface area (TPSA) is 65.1 Å². The first kappa shape index (κ1) is 17.5. The summed E-state index contributed by atoms with van der Waals surface area (Å²) in [6.07, 6.45) is 0. The molecule has 0 fully saturated rings. The van der Waals surface area contributed by atoms with Crippen LogP contribution in [0, 0.1) is 22.7 Å². The Kier molecular flexibility index (Phi) is 3.00. The van der Waals surface area contributed by atoms with Gasteiger partial charge in [-0.15, -0.1) is 0 Å². The molecule has 3 heterocycles. The van der Waals surface area contributed by atoms with Crippen molar-refractivity contribution in [2.24, 2.45) is 0 Å². The number of nitriles is 2. The van der Waals surface area contributed by atoms with Crippen LogP contribution in [0.15, 0.2) is 83.3 Å². The van der Waals surface area contributed by atoms with E-state index in [2.05, 4.69) is 46.9 Å². The van der Waals surface area contributed by atoms with Crippen molar-refractivity contribution in [3.05, 3.63) is 90.0 Å². The number of hydrogen-bond acceptors (Lipinski definition) is 3. The number of aromatic nitrogens is 1. The van der Waals surface area contributed by atoms with Gasteiger partial charge in [0, 0.05) is 32.3 Å². The van der Waals surface area contributed by atoms with Gasteiger partial charge in [-0.1, -0.05) is 42.5 Å². The molecular weight excluding hydrogens is 418 g/mol. The Morgan fingerprint density at radius 1 is 0.588 bits per heavy atom.